The van der Waals surface area contributed by atoms with Gasteiger partial charge in [-0.25, -0.2) is 0 Å². The van der Waals surface area contributed by atoms with Crippen LogP contribution in [-0.4, -0.2) is 25.3 Å². The highest BCUT2D eigenvalue weighted by atomic mass is 16.1. The molecule has 0 spiro atoms. The summed E-state index contributed by atoms with van der Waals surface area (Å²) in [7, 11) is 0. The second-order valence-electron chi connectivity index (χ2n) is 6.50. The number of carbonyl (C=O) groups excluding carboxylic acids is 1. The summed E-state index contributed by atoms with van der Waals surface area (Å²) >= 11 is 0. The second kappa shape index (κ2) is 5.92. The van der Waals surface area contributed by atoms with E-state index in [1.54, 1.807) is 6.92 Å². The van der Waals surface area contributed by atoms with E-state index in [1.165, 1.54) is 0 Å². The van der Waals surface area contributed by atoms with Crippen molar-refractivity contribution < 1.29 is 4.79 Å². The largest absolute Gasteiger partial charge is 0.301 e. The van der Waals surface area contributed by atoms with Crippen molar-refractivity contribution in [1.29, 1.82) is 0 Å². The van der Waals surface area contributed by atoms with Gasteiger partial charge in [0.2, 0.25) is 0 Å². The number of benzene rings is 3. The predicted octanol–water partition coefficient (Wildman–Crippen LogP) is 4.57. The molecule has 0 unspecified atom stereocenters. The summed E-state index contributed by atoms with van der Waals surface area (Å²) in [6.07, 6.45) is 2.09. The first-order chi connectivity index (χ1) is 13.2. The molecule has 27 heavy (non-hydrogen) atoms. The van der Waals surface area contributed by atoms with Crippen molar-refractivity contribution in [2.24, 2.45) is 0 Å². The average molecular weight is 352 g/mol. The molecule has 0 saturated heterocycles. The first-order valence-corrected chi connectivity index (χ1v) is 8.75. The number of rotatable bonds is 3. The van der Waals surface area contributed by atoms with Gasteiger partial charge in [-0.05, 0) is 43.3 Å². The summed E-state index contributed by atoms with van der Waals surface area (Å²) in [5.41, 5.74) is 3.46. The van der Waals surface area contributed by atoms with Crippen LogP contribution >= 0.6 is 0 Å². The van der Waals surface area contributed by atoms with Crippen LogP contribution in [-0.2, 0) is 0 Å². The zero-order chi connectivity index (χ0) is 18.4. The molecule has 0 fully saturated rings. The number of hydrogen-bond acceptors (Lipinski definition) is 3. The normalized spacial score (nSPS) is 11.3. The lowest BCUT2D eigenvalue weighted by molar-refractivity contribution is 0.101. The van der Waals surface area contributed by atoms with Crippen molar-refractivity contribution in [3.8, 4) is 11.5 Å². The lowest BCUT2D eigenvalue weighted by Gasteiger charge is -2.10. The molecule has 2 aromatic heterocycles. The highest BCUT2D eigenvalue weighted by molar-refractivity contribution is 5.95. The van der Waals surface area contributed by atoms with Gasteiger partial charge < -0.3 is 4.57 Å². The van der Waals surface area contributed by atoms with Gasteiger partial charge in [0.25, 0.3) is 0 Å². The Morgan fingerprint density at radius 2 is 1.63 bits per heavy atom. The minimum Gasteiger partial charge on any atom is -0.301 e. The molecular formula is C22H16N4O. The van der Waals surface area contributed by atoms with Crippen LogP contribution in [0.15, 0.2) is 79.0 Å². The van der Waals surface area contributed by atoms with Crippen molar-refractivity contribution in [3.05, 3.63) is 84.6 Å². The third kappa shape index (κ3) is 2.44. The Morgan fingerprint density at radius 1 is 0.889 bits per heavy atom. The summed E-state index contributed by atoms with van der Waals surface area (Å²) < 4.78 is 3.96. The summed E-state index contributed by atoms with van der Waals surface area (Å²) in [6.45, 7) is 1.58. The van der Waals surface area contributed by atoms with Gasteiger partial charge in [0.1, 0.15) is 11.3 Å². The van der Waals surface area contributed by atoms with E-state index in [-0.39, 0.29) is 5.78 Å². The van der Waals surface area contributed by atoms with Crippen LogP contribution in [0.5, 0.6) is 0 Å². The third-order valence-corrected chi connectivity index (χ3v) is 4.80. The maximum atomic E-state index is 11.6. The van der Waals surface area contributed by atoms with Crippen molar-refractivity contribution in [1.82, 2.24) is 19.6 Å². The number of nitrogens with zero attached hydrogens (tertiary/aromatic N) is 4. The van der Waals surface area contributed by atoms with Gasteiger partial charge in [-0.15, -0.1) is 5.10 Å². The van der Waals surface area contributed by atoms with Crippen molar-refractivity contribution in [3.63, 3.8) is 0 Å². The molecule has 2 heterocycles. The fourth-order valence-electron chi connectivity index (χ4n) is 3.44. The summed E-state index contributed by atoms with van der Waals surface area (Å²) in [5.74, 6) is 0.983. The second-order valence-corrected chi connectivity index (χ2v) is 6.50. The van der Waals surface area contributed by atoms with E-state index in [9.17, 15) is 4.79 Å². The predicted molar refractivity (Wildman–Crippen MR) is 106 cm³/mol. The van der Waals surface area contributed by atoms with Crippen LogP contribution in [0.3, 0.4) is 0 Å². The van der Waals surface area contributed by atoms with Gasteiger partial charge in [-0.1, -0.05) is 41.6 Å². The molecule has 0 aliphatic rings. The Morgan fingerprint density at radius 3 is 2.44 bits per heavy atom. The van der Waals surface area contributed by atoms with Crippen LogP contribution < -0.4 is 0 Å². The Kier molecular flexibility index (Phi) is 3.40. The van der Waals surface area contributed by atoms with Crippen LogP contribution in [0, 0.1) is 0 Å². The zero-order valence-corrected chi connectivity index (χ0v) is 14.7. The molecule has 0 atom stereocenters. The molecule has 0 N–H and O–H groups in total. The smallest absolute Gasteiger partial charge is 0.159 e. The molecule has 0 amide bonds. The lowest BCUT2D eigenvalue weighted by Crippen LogP contribution is -2.05. The number of para-hydroxylation sites is 1. The Bertz CT molecular complexity index is 1300. The maximum Gasteiger partial charge on any atom is 0.159 e. The van der Waals surface area contributed by atoms with Crippen molar-refractivity contribution in [2.45, 2.75) is 6.92 Å². The number of hydrogen-bond donors (Lipinski definition) is 0. The van der Waals surface area contributed by atoms with Gasteiger partial charge in [-0.2, -0.15) is 4.68 Å². The fourth-order valence-corrected chi connectivity index (χ4v) is 3.44. The third-order valence-electron chi connectivity index (χ3n) is 4.80. The Labute approximate surface area is 155 Å². The molecule has 0 radical (unpaired) electrons. The van der Waals surface area contributed by atoms with E-state index in [4.69, 9.17) is 0 Å². The number of fused-ring (bicyclic) bond motifs is 2. The van der Waals surface area contributed by atoms with Gasteiger partial charge in [-0.3, -0.25) is 4.79 Å². The fraction of sp³-hybridized carbons (Fsp3) is 0.0455. The molecule has 5 heteroatoms. The minimum atomic E-state index is 0.0571. The molecule has 3 aromatic carbocycles. The monoisotopic (exact) mass is 352 g/mol. The van der Waals surface area contributed by atoms with E-state index < -0.39 is 0 Å². The van der Waals surface area contributed by atoms with Crippen LogP contribution in [0.2, 0.25) is 0 Å². The van der Waals surface area contributed by atoms with Crippen molar-refractivity contribution in [2.75, 3.05) is 0 Å². The highest BCUT2D eigenvalue weighted by Crippen LogP contribution is 2.29. The van der Waals surface area contributed by atoms with E-state index in [0.29, 0.717) is 5.56 Å². The number of Topliss-reactive ketones (excluding diaryl/α,β-unsaturated/α-hetero) is 1. The van der Waals surface area contributed by atoms with E-state index in [1.807, 2.05) is 65.3 Å². The molecule has 5 nitrogen and oxygen atoms in total. The molecule has 5 rings (SSSR count). The van der Waals surface area contributed by atoms with E-state index >= 15 is 0 Å². The average Bonchev–Trinajstić information content (AvgIpc) is 3.29. The first kappa shape index (κ1) is 15.5. The maximum absolute atomic E-state index is 11.6. The lowest BCUT2D eigenvalue weighted by atomic mass is 10.1. The first-order valence-electron chi connectivity index (χ1n) is 8.75. The zero-order valence-electron chi connectivity index (χ0n) is 14.7. The highest BCUT2D eigenvalue weighted by Gasteiger charge is 2.16. The van der Waals surface area contributed by atoms with Crippen LogP contribution in [0.25, 0.3) is 33.3 Å². The number of ketones is 1. The van der Waals surface area contributed by atoms with Crippen LogP contribution in [0.4, 0.5) is 0 Å². The van der Waals surface area contributed by atoms with Gasteiger partial charge in [0, 0.05) is 28.2 Å². The Balaban J connectivity index is 1.80. The number of aromatic nitrogens is 4. The SMILES string of the molecule is CC(=O)c1ccc(-n2cc3ccccc3c2-n2nnc3ccccc32)cc1. The molecule has 130 valence electrons. The summed E-state index contributed by atoms with van der Waals surface area (Å²) in [4.78, 5) is 11.6. The van der Waals surface area contributed by atoms with Gasteiger partial charge in [0.15, 0.2) is 5.78 Å². The van der Waals surface area contributed by atoms with Crippen LogP contribution in [0.1, 0.15) is 17.3 Å². The van der Waals surface area contributed by atoms with E-state index in [0.717, 1.165) is 33.3 Å². The molecule has 0 saturated carbocycles. The molecule has 5 aromatic rings. The van der Waals surface area contributed by atoms with E-state index in [2.05, 4.69) is 33.2 Å². The molecule has 0 aliphatic heterocycles. The Hall–Kier alpha value is -3.73. The standard InChI is InChI=1S/C22H16N4O/c1-15(27)16-10-12-18(13-11-16)25-14-17-6-2-3-7-19(17)22(25)26-21-9-5-4-8-20(21)23-24-26/h2-14H,1H3. The summed E-state index contributed by atoms with van der Waals surface area (Å²) in [6, 6.07) is 23.7. The number of carbonyl (C=O) groups is 1. The van der Waals surface area contributed by atoms with Gasteiger partial charge in [0.05, 0.1) is 5.52 Å². The quantitative estimate of drug-likeness (QED) is 0.447. The van der Waals surface area contributed by atoms with Gasteiger partial charge >= 0.3 is 0 Å². The molecule has 0 aliphatic carbocycles. The van der Waals surface area contributed by atoms with Crippen molar-refractivity contribution >= 4 is 27.6 Å². The topological polar surface area (TPSA) is 52.7 Å². The summed E-state index contributed by atoms with van der Waals surface area (Å²) in [5, 5.41) is 10.9. The molecule has 0 bridgehead atoms. The minimum absolute atomic E-state index is 0.0571. The molecular weight excluding hydrogens is 336 g/mol.